The van der Waals surface area contributed by atoms with E-state index in [0.29, 0.717) is 23.3 Å². The summed E-state index contributed by atoms with van der Waals surface area (Å²) in [6, 6.07) is 1.40. The van der Waals surface area contributed by atoms with Crippen molar-refractivity contribution in [2.75, 3.05) is 6.61 Å². The van der Waals surface area contributed by atoms with Gasteiger partial charge >= 0.3 is 5.97 Å². The predicted octanol–water partition coefficient (Wildman–Crippen LogP) is 1.82. The first-order valence-corrected chi connectivity index (χ1v) is 5.14. The van der Waals surface area contributed by atoms with Crippen LogP contribution in [0.1, 0.15) is 23.6 Å². The maximum atomic E-state index is 11.3. The predicted molar refractivity (Wildman–Crippen MR) is 59.6 cm³/mol. The number of hydrogen-bond donors (Lipinski definition) is 2. The molecule has 0 atom stereocenters. The number of benzene rings is 1. The molecule has 1 aromatic carbocycles. The average molecular weight is 224 g/mol. The lowest BCUT2D eigenvalue weighted by Crippen LogP contribution is -2.08. The van der Waals surface area contributed by atoms with E-state index >= 15 is 0 Å². The molecule has 0 fully saturated rings. The standard InChI is InChI=1S/C12H16O4/c1-4-16-11(14)6-9-5-10(13)7(2)8(3)12(9)15/h5,13,15H,4,6H2,1-3H3. The highest BCUT2D eigenvalue weighted by atomic mass is 16.5. The Kier molecular flexibility index (Phi) is 3.77. The van der Waals surface area contributed by atoms with E-state index in [2.05, 4.69) is 0 Å². The number of hydrogen-bond acceptors (Lipinski definition) is 4. The lowest BCUT2D eigenvalue weighted by atomic mass is 10.0. The van der Waals surface area contributed by atoms with Crippen LogP contribution in [-0.4, -0.2) is 22.8 Å². The fourth-order valence-electron chi connectivity index (χ4n) is 1.45. The van der Waals surface area contributed by atoms with Crippen LogP contribution >= 0.6 is 0 Å². The molecule has 0 heterocycles. The lowest BCUT2D eigenvalue weighted by Gasteiger charge is -2.11. The van der Waals surface area contributed by atoms with Crippen molar-refractivity contribution >= 4 is 5.97 Å². The molecule has 4 nitrogen and oxygen atoms in total. The number of phenols is 2. The Balaban J connectivity index is 3.02. The largest absolute Gasteiger partial charge is 0.508 e. The van der Waals surface area contributed by atoms with Gasteiger partial charge in [-0.15, -0.1) is 0 Å². The average Bonchev–Trinajstić information content (AvgIpc) is 2.23. The number of aromatic hydroxyl groups is 2. The van der Waals surface area contributed by atoms with Gasteiger partial charge in [-0.05, 0) is 38.0 Å². The normalized spacial score (nSPS) is 10.2. The second-order valence-corrected chi connectivity index (χ2v) is 3.64. The number of esters is 1. The molecule has 1 aromatic rings. The Hall–Kier alpha value is -1.71. The fourth-order valence-corrected chi connectivity index (χ4v) is 1.45. The molecule has 0 aromatic heterocycles. The Morgan fingerprint density at radius 3 is 2.50 bits per heavy atom. The van der Waals surface area contributed by atoms with Crippen LogP contribution in [0.15, 0.2) is 6.07 Å². The van der Waals surface area contributed by atoms with Gasteiger partial charge in [0.2, 0.25) is 0 Å². The third kappa shape index (κ3) is 2.45. The van der Waals surface area contributed by atoms with Gasteiger partial charge in [0.05, 0.1) is 13.0 Å². The van der Waals surface area contributed by atoms with Crippen molar-refractivity contribution in [3.05, 3.63) is 22.8 Å². The summed E-state index contributed by atoms with van der Waals surface area (Å²) in [5.74, 6) is -0.293. The molecule has 0 radical (unpaired) electrons. The van der Waals surface area contributed by atoms with Crippen LogP contribution in [0.4, 0.5) is 0 Å². The zero-order chi connectivity index (χ0) is 12.3. The van der Waals surface area contributed by atoms with Gasteiger partial charge < -0.3 is 14.9 Å². The number of carbonyl (C=O) groups excluding carboxylic acids is 1. The van der Waals surface area contributed by atoms with Crippen molar-refractivity contribution in [2.45, 2.75) is 27.2 Å². The van der Waals surface area contributed by atoms with Crippen LogP contribution in [0, 0.1) is 13.8 Å². The molecular weight excluding hydrogens is 208 g/mol. The third-order valence-corrected chi connectivity index (χ3v) is 2.56. The van der Waals surface area contributed by atoms with E-state index in [1.807, 2.05) is 0 Å². The van der Waals surface area contributed by atoms with Crippen molar-refractivity contribution in [3.63, 3.8) is 0 Å². The van der Waals surface area contributed by atoms with Gasteiger partial charge in [0.1, 0.15) is 11.5 Å². The summed E-state index contributed by atoms with van der Waals surface area (Å²) in [7, 11) is 0. The minimum Gasteiger partial charge on any atom is -0.508 e. The van der Waals surface area contributed by atoms with Gasteiger partial charge in [0.15, 0.2) is 0 Å². The summed E-state index contributed by atoms with van der Waals surface area (Å²) in [4.78, 5) is 11.3. The van der Waals surface area contributed by atoms with Crippen molar-refractivity contribution in [1.29, 1.82) is 0 Å². The summed E-state index contributed by atoms with van der Waals surface area (Å²) in [5.41, 5.74) is 1.59. The molecule has 0 saturated carbocycles. The highest BCUT2D eigenvalue weighted by Gasteiger charge is 2.14. The Morgan fingerprint density at radius 2 is 1.94 bits per heavy atom. The monoisotopic (exact) mass is 224 g/mol. The van der Waals surface area contributed by atoms with Crippen molar-refractivity contribution in [3.8, 4) is 11.5 Å². The first kappa shape index (κ1) is 12.4. The third-order valence-electron chi connectivity index (χ3n) is 2.56. The van der Waals surface area contributed by atoms with Crippen molar-refractivity contribution < 1.29 is 19.7 Å². The van der Waals surface area contributed by atoms with Crippen LogP contribution in [0.2, 0.25) is 0 Å². The highest BCUT2D eigenvalue weighted by molar-refractivity contribution is 5.74. The summed E-state index contributed by atoms with van der Waals surface area (Å²) in [6.07, 6.45) is -0.0334. The lowest BCUT2D eigenvalue weighted by molar-refractivity contribution is -0.142. The molecule has 0 aliphatic rings. The van der Waals surface area contributed by atoms with E-state index in [0.717, 1.165) is 0 Å². The molecule has 0 unspecified atom stereocenters. The van der Waals surface area contributed by atoms with Crippen molar-refractivity contribution in [1.82, 2.24) is 0 Å². The van der Waals surface area contributed by atoms with Gasteiger partial charge in [-0.25, -0.2) is 0 Å². The Morgan fingerprint density at radius 1 is 1.31 bits per heavy atom. The molecule has 0 aliphatic carbocycles. The first-order chi connectivity index (χ1) is 7.47. The van der Waals surface area contributed by atoms with Crippen molar-refractivity contribution in [2.24, 2.45) is 0 Å². The quantitative estimate of drug-likeness (QED) is 0.607. The summed E-state index contributed by atoms with van der Waals surface area (Å²) >= 11 is 0. The molecule has 0 bridgehead atoms. The summed E-state index contributed by atoms with van der Waals surface area (Å²) in [5, 5.41) is 19.4. The topological polar surface area (TPSA) is 66.8 Å². The molecule has 88 valence electrons. The van der Waals surface area contributed by atoms with Crippen LogP contribution in [-0.2, 0) is 16.0 Å². The van der Waals surface area contributed by atoms with Gasteiger partial charge in [0, 0.05) is 5.56 Å². The molecule has 4 heteroatoms. The SMILES string of the molecule is CCOC(=O)Cc1cc(O)c(C)c(C)c1O. The van der Waals surface area contributed by atoms with E-state index in [4.69, 9.17) is 4.74 Å². The van der Waals surface area contributed by atoms with E-state index in [-0.39, 0.29) is 17.9 Å². The molecule has 2 N–H and O–H groups in total. The van der Waals surface area contributed by atoms with E-state index in [1.165, 1.54) is 6.07 Å². The zero-order valence-electron chi connectivity index (χ0n) is 9.70. The van der Waals surface area contributed by atoms with E-state index in [9.17, 15) is 15.0 Å². The van der Waals surface area contributed by atoms with Crippen LogP contribution in [0.3, 0.4) is 0 Å². The summed E-state index contributed by atoms with van der Waals surface area (Å²) < 4.78 is 4.78. The smallest absolute Gasteiger partial charge is 0.310 e. The Labute approximate surface area is 94.5 Å². The highest BCUT2D eigenvalue weighted by Crippen LogP contribution is 2.32. The van der Waals surface area contributed by atoms with E-state index in [1.54, 1.807) is 20.8 Å². The van der Waals surface area contributed by atoms with Gasteiger partial charge in [-0.3, -0.25) is 4.79 Å². The molecule has 0 saturated heterocycles. The second-order valence-electron chi connectivity index (χ2n) is 3.64. The number of phenolic OH excluding ortho intramolecular Hbond substituents is 2. The maximum Gasteiger partial charge on any atom is 0.310 e. The zero-order valence-corrected chi connectivity index (χ0v) is 9.70. The van der Waals surface area contributed by atoms with Crippen LogP contribution in [0.5, 0.6) is 11.5 Å². The van der Waals surface area contributed by atoms with E-state index < -0.39 is 5.97 Å². The van der Waals surface area contributed by atoms with Crippen LogP contribution in [0.25, 0.3) is 0 Å². The maximum absolute atomic E-state index is 11.3. The Bertz CT molecular complexity index is 410. The molecule has 0 spiro atoms. The minimum atomic E-state index is -0.416. The summed E-state index contributed by atoms with van der Waals surface area (Å²) in [6.45, 7) is 5.42. The number of carbonyl (C=O) groups is 1. The fraction of sp³-hybridized carbons (Fsp3) is 0.417. The van der Waals surface area contributed by atoms with Crippen LogP contribution < -0.4 is 0 Å². The molecule has 16 heavy (non-hydrogen) atoms. The first-order valence-electron chi connectivity index (χ1n) is 5.14. The molecule has 0 amide bonds. The minimum absolute atomic E-state index is 0.0334. The molecule has 1 rings (SSSR count). The van der Waals surface area contributed by atoms with Gasteiger partial charge in [-0.1, -0.05) is 0 Å². The number of rotatable bonds is 3. The van der Waals surface area contributed by atoms with Gasteiger partial charge in [0.25, 0.3) is 0 Å². The number of ether oxygens (including phenoxy) is 1. The second kappa shape index (κ2) is 4.88. The molecular formula is C12H16O4. The van der Waals surface area contributed by atoms with Gasteiger partial charge in [-0.2, -0.15) is 0 Å². The molecule has 0 aliphatic heterocycles.